The third-order valence-electron chi connectivity index (χ3n) is 7.81. The predicted molar refractivity (Wildman–Crippen MR) is 85.1 cm³/mol. The number of hydrogen-bond donors (Lipinski definition) is 3. The van der Waals surface area contributed by atoms with E-state index >= 15 is 0 Å². The summed E-state index contributed by atoms with van der Waals surface area (Å²) in [5, 5.41) is 31.2. The van der Waals surface area contributed by atoms with E-state index in [1.54, 1.807) is 0 Å². The van der Waals surface area contributed by atoms with E-state index in [2.05, 4.69) is 19.9 Å². The molecule has 0 aromatic heterocycles. The van der Waals surface area contributed by atoms with Crippen LogP contribution in [0.5, 0.6) is 0 Å². The van der Waals surface area contributed by atoms with Crippen molar-refractivity contribution in [2.75, 3.05) is 0 Å². The Morgan fingerprint density at radius 2 is 1.86 bits per heavy atom. The minimum atomic E-state index is -0.312. The van der Waals surface area contributed by atoms with Gasteiger partial charge in [0.1, 0.15) is 5.76 Å². The van der Waals surface area contributed by atoms with Gasteiger partial charge in [-0.3, -0.25) is 0 Å². The lowest BCUT2D eigenvalue weighted by Crippen LogP contribution is -2.57. The maximum atomic E-state index is 10.9. The quantitative estimate of drug-likeness (QED) is 0.644. The lowest BCUT2D eigenvalue weighted by atomic mass is 9.46. The second-order valence-corrected chi connectivity index (χ2v) is 8.63. The molecule has 3 nitrogen and oxygen atoms in total. The molecule has 0 aromatic rings. The van der Waals surface area contributed by atoms with Gasteiger partial charge in [0, 0.05) is 0 Å². The molecule has 4 rings (SSSR count). The lowest BCUT2D eigenvalue weighted by Gasteiger charge is -2.59. The molecule has 3 fully saturated rings. The molecule has 0 spiro atoms. The van der Waals surface area contributed by atoms with E-state index in [0.29, 0.717) is 17.6 Å². The Labute approximate surface area is 132 Å². The van der Waals surface area contributed by atoms with Crippen LogP contribution in [0.1, 0.15) is 46.0 Å². The Kier molecular flexibility index (Phi) is 3.09. The molecule has 0 heterocycles. The second-order valence-electron chi connectivity index (χ2n) is 8.63. The van der Waals surface area contributed by atoms with Gasteiger partial charge < -0.3 is 15.3 Å². The molecule has 0 saturated heterocycles. The maximum Gasteiger partial charge on any atom is 0.111 e. The van der Waals surface area contributed by atoms with Gasteiger partial charge in [-0.1, -0.05) is 19.9 Å². The molecule has 4 aliphatic rings. The number of fused-ring (bicyclic) bond motifs is 5. The third-order valence-corrected chi connectivity index (χ3v) is 7.81. The number of hydrogen-bond acceptors (Lipinski definition) is 3. The van der Waals surface area contributed by atoms with Crippen molar-refractivity contribution in [1.29, 1.82) is 0 Å². The summed E-state index contributed by atoms with van der Waals surface area (Å²) in [5.41, 5.74) is 0.0205. The highest BCUT2D eigenvalue weighted by atomic mass is 16.3. The predicted octanol–water partition coefficient (Wildman–Crippen LogP) is 3.19. The van der Waals surface area contributed by atoms with Gasteiger partial charge in [-0.15, -0.1) is 0 Å². The van der Waals surface area contributed by atoms with E-state index in [-0.39, 0.29) is 34.9 Å². The first-order valence-corrected chi connectivity index (χ1v) is 8.82. The van der Waals surface area contributed by atoms with Crippen LogP contribution < -0.4 is 0 Å². The zero-order valence-electron chi connectivity index (χ0n) is 13.6. The molecule has 22 heavy (non-hydrogen) atoms. The molecule has 3 saturated carbocycles. The van der Waals surface area contributed by atoms with Crippen LogP contribution in [0.25, 0.3) is 0 Å². The fraction of sp³-hybridized carbons (Fsp3) is 0.789. The van der Waals surface area contributed by atoms with Crippen LogP contribution in [0.3, 0.4) is 0 Å². The highest BCUT2D eigenvalue weighted by Gasteiger charge is 2.61. The first-order valence-electron chi connectivity index (χ1n) is 8.82. The topological polar surface area (TPSA) is 60.7 Å². The average molecular weight is 304 g/mol. The van der Waals surface area contributed by atoms with Crippen molar-refractivity contribution < 1.29 is 15.3 Å². The normalized spacial score (nSPS) is 56.8. The molecular weight excluding hydrogens is 276 g/mol. The van der Waals surface area contributed by atoms with Gasteiger partial charge in [-0.25, -0.2) is 0 Å². The Morgan fingerprint density at radius 3 is 2.64 bits per heavy atom. The fourth-order valence-corrected chi connectivity index (χ4v) is 6.40. The van der Waals surface area contributed by atoms with Crippen molar-refractivity contribution >= 4 is 0 Å². The molecule has 3 unspecified atom stereocenters. The number of aliphatic hydroxyl groups excluding tert-OH is 3. The smallest absolute Gasteiger partial charge is 0.111 e. The second kappa shape index (κ2) is 4.61. The molecule has 0 amide bonds. The molecule has 0 bridgehead atoms. The van der Waals surface area contributed by atoms with E-state index in [0.717, 1.165) is 32.1 Å². The van der Waals surface area contributed by atoms with Crippen molar-refractivity contribution in [2.45, 2.75) is 58.2 Å². The minimum Gasteiger partial charge on any atom is -0.508 e. The maximum absolute atomic E-state index is 10.9. The van der Waals surface area contributed by atoms with Crippen LogP contribution in [0.2, 0.25) is 0 Å². The van der Waals surface area contributed by atoms with E-state index in [1.165, 1.54) is 0 Å². The van der Waals surface area contributed by atoms with Gasteiger partial charge in [0.15, 0.2) is 0 Å². The van der Waals surface area contributed by atoms with Crippen LogP contribution in [0.15, 0.2) is 24.0 Å². The van der Waals surface area contributed by atoms with E-state index < -0.39 is 0 Å². The molecule has 0 aliphatic heterocycles. The number of aliphatic hydroxyl groups is 3. The van der Waals surface area contributed by atoms with Crippen molar-refractivity contribution in [3.63, 3.8) is 0 Å². The van der Waals surface area contributed by atoms with Gasteiger partial charge in [-0.2, -0.15) is 0 Å². The summed E-state index contributed by atoms with van der Waals surface area (Å²) in [7, 11) is 0. The van der Waals surface area contributed by atoms with Crippen LogP contribution in [0.4, 0.5) is 0 Å². The summed E-state index contributed by atoms with van der Waals surface area (Å²) >= 11 is 0. The van der Waals surface area contributed by atoms with Gasteiger partial charge in [-0.05, 0) is 78.8 Å². The van der Waals surface area contributed by atoms with E-state index in [9.17, 15) is 15.3 Å². The van der Waals surface area contributed by atoms with E-state index in [4.69, 9.17) is 0 Å². The van der Waals surface area contributed by atoms with Crippen molar-refractivity contribution in [3.8, 4) is 0 Å². The van der Waals surface area contributed by atoms with E-state index in [1.807, 2.05) is 12.2 Å². The molecule has 8 atom stereocenters. The van der Waals surface area contributed by atoms with Gasteiger partial charge in [0.2, 0.25) is 0 Å². The number of allylic oxidation sites excluding steroid dienone is 3. The van der Waals surface area contributed by atoms with Crippen molar-refractivity contribution in [3.05, 3.63) is 24.0 Å². The molecule has 0 aromatic carbocycles. The summed E-state index contributed by atoms with van der Waals surface area (Å²) in [5.74, 6) is 1.73. The molecule has 0 radical (unpaired) electrons. The largest absolute Gasteiger partial charge is 0.508 e. The van der Waals surface area contributed by atoms with Crippen molar-refractivity contribution in [2.24, 2.45) is 34.5 Å². The zero-order chi connectivity index (χ0) is 15.7. The molecule has 3 heteroatoms. The highest BCUT2D eigenvalue weighted by Crippen LogP contribution is 2.64. The Balaban J connectivity index is 1.72. The summed E-state index contributed by atoms with van der Waals surface area (Å²) < 4.78 is 0. The van der Waals surface area contributed by atoms with Crippen LogP contribution in [-0.4, -0.2) is 27.5 Å². The molecule has 4 aliphatic carbocycles. The van der Waals surface area contributed by atoms with Crippen LogP contribution in [0, 0.1) is 34.5 Å². The fourth-order valence-electron chi connectivity index (χ4n) is 6.40. The summed E-state index contributed by atoms with van der Waals surface area (Å²) in [6.45, 7) is 4.53. The third kappa shape index (κ3) is 1.75. The number of rotatable bonds is 0. The first kappa shape index (κ1) is 14.8. The zero-order valence-corrected chi connectivity index (χ0v) is 13.6. The highest BCUT2D eigenvalue weighted by molar-refractivity contribution is 5.27. The molecule has 3 N–H and O–H groups in total. The summed E-state index contributed by atoms with van der Waals surface area (Å²) in [6.07, 6.45) is 10.2. The van der Waals surface area contributed by atoms with Crippen molar-refractivity contribution in [1.82, 2.24) is 0 Å². The van der Waals surface area contributed by atoms with Gasteiger partial charge >= 0.3 is 0 Å². The van der Waals surface area contributed by atoms with Crippen LogP contribution >= 0.6 is 0 Å². The van der Waals surface area contributed by atoms with Gasteiger partial charge in [0.25, 0.3) is 0 Å². The standard InChI is InChI=1S/C19H28O3/c1-18-7-5-12(20)9-11(18)10-15(21)17-13-3-4-16(22)19(13,2)8-6-14(17)18/h5,7,9,11,13-17,20-22H,3-4,6,8,10H2,1-2H3/t11?,13-,14+,15?,16?,17-,18-,19-/m0/s1. The Bertz CT molecular complexity index is 539. The molecule has 122 valence electrons. The lowest BCUT2D eigenvalue weighted by molar-refractivity contribution is -0.137. The Morgan fingerprint density at radius 1 is 1.09 bits per heavy atom. The molecular formula is C19H28O3. The first-order chi connectivity index (χ1) is 10.4. The monoisotopic (exact) mass is 304 g/mol. The Hall–Kier alpha value is -0.800. The van der Waals surface area contributed by atoms with Gasteiger partial charge in [0.05, 0.1) is 12.2 Å². The summed E-state index contributed by atoms with van der Waals surface area (Å²) in [4.78, 5) is 0. The van der Waals surface area contributed by atoms with Crippen LogP contribution in [-0.2, 0) is 0 Å². The average Bonchev–Trinajstić information content (AvgIpc) is 2.77. The minimum absolute atomic E-state index is 0.0122. The summed E-state index contributed by atoms with van der Waals surface area (Å²) in [6, 6.07) is 0. The SMILES string of the molecule is C[C@]12C=CC(O)=CC1CC(O)[C@@H]1[C@H]2CC[C@]2(C)C(O)CC[C@@H]12.